The maximum Gasteiger partial charge on any atom is 0.258 e. The second-order valence-corrected chi connectivity index (χ2v) is 8.99. The Kier molecular flexibility index (Phi) is 7.47. The van der Waals surface area contributed by atoms with Gasteiger partial charge in [-0.15, -0.1) is 0 Å². The van der Waals surface area contributed by atoms with Crippen molar-refractivity contribution in [2.75, 3.05) is 36.9 Å². The van der Waals surface area contributed by atoms with Gasteiger partial charge in [0.15, 0.2) is 17.4 Å². The zero-order valence-electron chi connectivity index (χ0n) is 18.7. The number of anilines is 1. The fraction of sp³-hybridized carbons (Fsp3) is 0.478. The normalized spacial score (nSPS) is 13.6. The Labute approximate surface area is 192 Å². The van der Waals surface area contributed by atoms with Crippen LogP contribution < -0.4 is 15.0 Å². The smallest absolute Gasteiger partial charge is 0.258 e. The Balaban J connectivity index is 1.39. The molecule has 9 heteroatoms. The van der Waals surface area contributed by atoms with E-state index in [1.54, 1.807) is 11.8 Å². The predicted octanol–water partition coefficient (Wildman–Crippen LogP) is 3.43. The molecule has 1 N–H and O–H groups in total. The van der Waals surface area contributed by atoms with Gasteiger partial charge >= 0.3 is 0 Å². The minimum Gasteiger partial charge on any atom is -0.484 e. The topological polar surface area (TPSA) is 85.2 Å². The number of carbonyl (C=O) groups is 1. The van der Waals surface area contributed by atoms with Gasteiger partial charge in [0.1, 0.15) is 11.6 Å². The number of hydrogen-bond acceptors (Lipinski definition) is 7. The van der Waals surface area contributed by atoms with Crippen molar-refractivity contribution < 1.29 is 9.53 Å². The average molecular weight is 455 g/mol. The van der Waals surface area contributed by atoms with E-state index in [1.807, 2.05) is 42.1 Å². The lowest BCUT2D eigenvalue weighted by molar-refractivity contribution is -0.123. The molecule has 0 spiro atoms. The molecule has 8 nitrogen and oxygen atoms in total. The molecule has 0 saturated carbocycles. The van der Waals surface area contributed by atoms with Gasteiger partial charge in [-0.3, -0.25) is 4.79 Å². The van der Waals surface area contributed by atoms with Crippen LogP contribution >= 0.6 is 11.8 Å². The van der Waals surface area contributed by atoms with E-state index in [9.17, 15) is 4.79 Å². The van der Waals surface area contributed by atoms with Crippen molar-refractivity contribution in [3.63, 3.8) is 0 Å². The summed E-state index contributed by atoms with van der Waals surface area (Å²) in [7, 11) is 0. The van der Waals surface area contributed by atoms with Crippen LogP contribution in [0.15, 0.2) is 35.6 Å². The van der Waals surface area contributed by atoms with Gasteiger partial charge in [-0.1, -0.05) is 36.4 Å². The largest absolute Gasteiger partial charge is 0.484 e. The van der Waals surface area contributed by atoms with Gasteiger partial charge in [0.25, 0.3) is 5.91 Å². The number of hydrogen-bond donors (Lipinski definition) is 1. The van der Waals surface area contributed by atoms with E-state index in [4.69, 9.17) is 14.7 Å². The van der Waals surface area contributed by atoms with Gasteiger partial charge in [-0.2, -0.15) is 5.10 Å². The van der Waals surface area contributed by atoms with Crippen LogP contribution in [0.3, 0.4) is 0 Å². The zero-order chi connectivity index (χ0) is 22.3. The van der Waals surface area contributed by atoms with Crippen molar-refractivity contribution in [3.8, 4) is 5.75 Å². The molecule has 0 atom stereocenters. The summed E-state index contributed by atoms with van der Waals surface area (Å²) in [4.78, 5) is 24.1. The van der Waals surface area contributed by atoms with Gasteiger partial charge in [-0.25, -0.2) is 14.6 Å². The van der Waals surface area contributed by atoms with Gasteiger partial charge in [0.2, 0.25) is 0 Å². The minimum absolute atomic E-state index is 0.0119. The number of thioether (sulfide) groups is 1. The fourth-order valence-electron chi connectivity index (χ4n) is 3.65. The molecule has 1 aliphatic rings. The van der Waals surface area contributed by atoms with E-state index in [1.165, 1.54) is 12.8 Å². The number of nitrogens with one attached hydrogen (secondary N) is 1. The second-order valence-electron chi connectivity index (χ2n) is 7.93. The van der Waals surface area contributed by atoms with Crippen LogP contribution in [-0.4, -0.2) is 57.6 Å². The summed E-state index contributed by atoms with van der Waals surface area (Å²) in [6, 6.07) is 7.65. The van der Waals surface area contributed by atoms with Crippen LogP contribution in [0.4, 0.5) is 5.82 Å². The van der Waals surface area contributed by atoms with Crippen LogP contribution in [0.5, 0.6) is 5.75 Å². The van der Waals surface area contributed by atoms with E-state index in [2.05, 4.69) is 22.2 Å². The number of carbonyl (C=O) groups excluding carboxylic acids is 1. The number of aryl methyl sites for hydroxylation is 1. The first-order valence-electron chi connectivity index (χ1n) is 11.2. The summed E-state index contributed by atoms with van der Waals surface area (Å²) in [5, 5.41) is 9.21. The van der Waals surface area contributed by atoms with Crippen molar-refractivity contribution in [1.82, 2.24) is 25.1 Å². The molecule has 0 radical (unpaired) electrons. The second kappa shape index (κ2) is 10.7. The quantitative estimate of drug-likeness (QED) is 0.371. The summed E-state index contributed by atoms with van der Waals surface area (Å²) >= 11 is 1.68. The lowest BCUT2D eigenvalue weighted by Gasteiger charge is -2.18. The van der Waals surface area contributed by atoms with Gasteiger partial charge in [0, 0.05) is 25.4 Å². The Bertz CT molecular complexity index is 1050. The van der Waals surface area contributed by atoms with Crippen molar-refractivity contribution in [2.24, 2.45) is 0 Å². The van der Waals surface area contributed by atoms with Gasteiger partial charge < -0.3 is 15.0 Å². The Morgan fingerprint density at radius 1 is 1.19 bits per heavy atom. The molecule has 3 heterocycles. The van der Waals surface area contributed by atoms with E-state index >= 15 is 0 Å². The Hall–Kier alpha value is -2.81. The van der Waals surface area contributed by atoms with Gasteiger partial charge in [-0.05, 0) is 38.3 Å². The van der Waals surface area contributed by atoms with Crippen LogP contribution in [0.2, 0.25) is 0 Å². The average Bonchev–Trinajstić information content (AvgIpc) is 3.47. The summed E-state index contributed by atoms with van der Waals surface area (Å²) in [5.74, 6) is 2.49. The molecule has 32 heavy (non-hydrogen) atoms. The highest BCUT2D eigenvalue weighted by molar-refractivity contribution is 7.99. The van der Waals surface area contributed by atoms with Crippen LogP contribution in [0, 0.1) is 6.92 Å². The van der Waals surface area contributed by atoms with E-state index in [0.717, 1.165) is 52.8 Å². The third-order valence-corrected chi connectivity index (χ3v) is 6.39. The maximum atomic E-state index is 12.2. The van der Waals surface area contributed by atoms with E-state index in [0.29, 0.717) is 18.8 Å². The van der Waals surface area contributed by atoms with Crippen molar-refractivity contribution in [2.45, 2.75) is 44.8 Å². The van der Waals surface area contributed by atoms with Crippen molar-refractivity contribution in [3.05, 3.63) is 36.0 Å². The van der Waals surface area contributed by atoms with E-state index < -0.39 is 0 Å². The molecule has 4 rings (SSSR count). The molecule has 0 aliphatic carbocycles. The molecule has 1 saturated heterocycles. The first-order valence-corrected chi connectivity index (χ1v) is 12.2. The van der Waals surface area contributed by atoms with Crippen LogP contribution in [0.25, 0.3) is 11.0 Å². The third kappa shape index (κ3) is 5.51. The van der Waals surface area contributed by atoms with Crippen molar-refractivity contribution in [1.29, 1.82) is 0 Å². The highest BCUT2D eigenvalue weighted by Crippen LogP contribution is 2.29. The summed E-state index contributed by atoms with van der Waals surface area (Å²) < 4.78 is 7.40. The number of rotatable bonds is 10. The molecule has 1 fully saturated rings. The fourth-order valence-corrected chi connectivity index (χ4v) is 4.34. The minimum atomic E-state index is -0.159. The van der Waals surface area contributed by atoms with Crippen LogP contribution in [0.1, 0.15) is 31.7 Å². The summed E-state index contributed by atoms with van der Waals surface area (Å²) in [6.45, 7) is 7.18. The maximum absolute atomic E-state index is 12.2. The first kappa shape index (κ1) is 22.4. The molecule has 3 aromatic rings. The summed E-state index contributed by atoms with van der Waals surface area (Å²) in [5.41, 5.74) is 1.98. The number of fused-ring (bicyclic) bond motifs is 1. The molecule has 1 aromatic carbocycles. The van der Waals surface area contributed by atoms with Gasteiger partial charge in [0.05, 0.1) is 18.1 Å². The molecule has 170 valence electrons. The van der Waals surface area contributed by atoms with Crippen molar-refractivity contribution >= 4 is 34.5 Å². The molecular weight excluding hydrogens is 424 g/mol. The Morgan fingerprint density at radius 3 is 2.72 bits per heavy atom. The zero-order valence-corrected chi connectivity index (χ0v) is 19.5. The molecule has 1 amide bonds. The number of amides is 1. The molecule has 0 bridgehead atoms. The standard InChI is InChI=1S/C23H30N6O2S/c1-3-14-32-23-26-21(28-11-4-5-12-28)19-15-25-29(22(19)27-23)13-10-24-20(30)16-31-18-8-6-17(2)7-9-18/h6-9,15H,3-5,10-14,16H2,1-2H3,(H,24,30). The Morgan fingerprint density at radius 2 is 1.97 bits per heavy atom. The number of aromatic nitrogens is 4. The lowest BCUT2D eigenvalue weighted by atomic mass is 10.2. The monoisotopic (exact) mass is 454 g/mol. The molecule has 1 aliphatic heterocycles. The molecule has 0 unspecified atom stereocenters. The van der Waals surface area contributed by atoms with Crippen LogP contribution in [-0.2, 0) is 11.3 Å². The third-order valence-electron chi connectivity index (χ3n) is 5.33. The first-order chi connectivity index (χ1) is 15.6. The highest BCUT2D eigenvalue weighted by atomic mass is 32.2. The molecular formula is C23H30N6O2S. The number of benzene rings is 1. The molecule has 2 aromatic heterocycles. The number of nitrogens with zero attached hydrogens (tertiary/aromatic N) is 5. The highest BCUT2D eigenvalue weighted by Gasteiger charge is 2.20. The van der Waals surface area contributed by atoms with E-state index in [-0.39, 0.29) is 12.5 Å². The summed E-state index contributed by atoms with van der Waals surface area (Å²) in [6.07, 6.45) is 5.29. The SMILES string of the molecule is CCCSc1nc(N2CCCC2)c2cnn(CCNC(=O)COc3ccc(C)cc3)c2n1. The number of ether oxygens (including phenoxy) is 1. The lowest BCUT2D eigenvalue weighted by Crippen LogP contribution is -2.31. The predicted molar refractivity (Wildman–Crippen MR) is 127 cm³/mol.